The third kappa shape index (κ3) is 2.22. The third-order valence-corrected chi connectivity index (χ3v) is 3.90. The number of rotatable bonds is 2. The second-order valence-corrected chi connectivity index (χ2v) is 5.30. The molecule has 0 aliphatic rings. The highest BCUT2D eigenvalue weighted by Gasteiger charge is 2.16. The number of nitrogen functional groups attached to an aromatic ring is 10. The molecule has 0 saturated heterocycles. The van der Waals surface area contributed by atoms with E-state index < -0.39 is 0 Å². The molecule has 2 aromatic carbocycles. The summed E-state index contributed by atoms with van der Waals surface area (Å²) in [6.45, 7) is 0. The minimum absolute atomic E-state index is 0.127. The lowest BCUT2D eigenvalue weighted by molar-refractivity contribution is 1.58. The van der Waals surface area contributed by atoms with E-state index in [2.05, 4.69) is 0 Å². The second-order valence-electron chi connectivity index (χ2n) is 5.30. The molecule has 10 heteroatoms. The lowest BCUT2D eigenvalue weighted by Crippen LogP contribution is -2.10. The second kappa shape index (κ2) is 5.43. The lowest BCUT2D eigenvalue weighted by Gasteiger charge is -2.16. The van der Waals surface area contributed by atoms with Crippen LogP contribution in [0.25, 0.3) is 12.2 Å². The molecule has 0 spiro atoms. The quantitative estimate of drug-likeness (QED) is 0.253. The van der Waals surface area contributed by atoms with Crippen LogP contribution in [0.15, 0.2) is 0 Å². The predicted molar refractivity (Wildman–Crippen MR) is 106 cm³/mol. The van der Waals surface area contributed by atoms with Crippen molar-refractivity contribution in [3.63, 3.8) is 0 Å². The molecule has 0 aliphatic heterocycles. The fourth-order valence-electron chi connectivity index (χ4n) is 2.27. The summed E-state index contributed by atoms with van der Waals surface area (Å²) < 4.78 is 0. The molecule has 128 valence electrons. The highest BCUT2D eigenvalue weighted by molar-refractivity contribution is 6.05. The maximum absolute atomic E-state index is 5.95. The Morgan fingerprint density at radius 3 is 0.667 bits per heavy atom. The van der Waals surface area contributed by atoms with Crippen LogP contribution < -0.4 is 57.3 Å². The van der Waals surface area contributed by atoms with Gasteiger partial charge in [0.15, 0.2) is 0 Å². The number of hydrogen-bond acceptors (Lipinski definition) is 10. The van der Waals surface area contributed by atoms with Crippen molar-refractivity contribution in [2.45, 2.75) is 0 Å². The van der Waals surface area contributed by atoms with E-state index >= 15 is 0 Å². The zero-order valence-corrected chi connectivity index (χ0v) is 12.9. The van der Waals surface area contributed by atoms with Gasteiger partial charge in [-0.25, -0.2) is 0 Å². The molecule has 0 atom stereocenters. The normalized spacial score (nSPS) is 11.2. The van der Waals surface area contributed by atoms with Crippen LogP contribution >= 0.6 is 0 Å². The summed E-state index contributed by atoms with van der Waals surface area (Å²) >= 11 is 0. The van der Waals surface area contributed by atoms with Crippen molar-refractivity contribution in [3.8, 4) is 0 Å². The number of anilines is 10. The van der Waals surface area contributed by atoms with E-state index in [-0.39, 0.29) is 56.9 Å². The van der Waals surface area contributed by atoms with Gasteiger partial charge in [0.2, 0.25) is 0 Å². The SMILES string of the molecule is Nc1c(N)c(N)c(/C=C\c2c(N)c(N)c(N)c(N)c2N)c(N)c1N. The van der Waals surface area contributed by atoms with E-state index in [4.69, 9.17) is 57.3 Å². The fraction of sp³-hybridized carbons (Fsp3) is 0. The molecule has 0 saturated carbocycles. The van der Waals surface area contributed by atoms with Gasteiger partial charge in [-0.3, -0.25) is 0 Å². The summed E-state index contributed by atoms with van der Waals surface area (Å²) in [6.07, 6.45) is 3.10. The summed E-state index contributed by atoms with van der Waals surface area (Å²) in [5.41, 5.74) is 60.9. The number of hydrogen-bond donors (Lipinski definition) is 10. The summed E-state index contributed by atoms with van der Waals surface area (Å²) in [7, 11) is 0. The fourth-order valence-corrected chi connectivity index (χ4v) is 2.27. The molecule has 0 unspecified atom stereocenters. The average molecular weight is 330 g/mol. The van der Waals surface area contributed by atoms with Crippen molar-refractivity contribution in [2.24, 2.45) is 0 Å². The largest absolute Gasteiger partial charge is 0.396 e. The monoisotopic (exact) mass is 330 g/mol. The molecule has 0 fully saturated rings. The van der Waals surface area contributed by atoms with E-state index in [1.807, 2.05) is 0 Å². The van der Waals surface area contributed by atoms with Gasteiger partial charge >= 0.3 is 0 Å². The van der Waals surface area contributed by atoms with Gasteiger partial charge in [-0.2, -0.15) is 0 Å². The standard InChI is InChI=1S/C14H22N10/c15-5-3(6(16)10(20)13(23)9(5)19)1-2-4-7(17)11(21)14(24)12(22)8(4)18/h1-2H,15-24H2/b2-1-. The van der Waals surface area contributed by atoms with Gasteiger partial charge in [0.1, 0.15) is 0 Å². The van der Waals surface area contributed by atoms with Gasteiger partial charge < -0.3 is 57.3 Å². The van der Waals surface area contributed by atoms with E-state index in [1.165, 1.54) is 0 Å². The van der Waals surface area contributed by atoms with Gasteiger partial charge in [-0.15, -0.1) is 0 Å². The van der Waals surface area contributed by atoms with Crippen LogP contribution in [0.4, 0.5) is 56.9 Å². The molecule has 0 heterocycles. The molecule has 0 bridgehead atoms. The van der Waals surface area contributed by atoms with Crippen LogP contribution in [-0.4, -0.2) is 0 Å². The number of nitrogens with two attached hydrogens (primary N) is 10. The molecule has 0 aliphatic carbocycles. The van der Waals surface area contributed by atoms with E-state index in [1.54, 1.807) is 12.2 Å². The molecular formula is C14H22N10. The molecule has 2 aromatic rings. The maximum atomic E-state index is 5.95. The maximum Gasteiger partial charge on any atom is 0.0824 e. The minimum atomic E-state index is 0.127. The van der Waals surface area contributed by atoms with Gasteiger partial charge in [0.05, 0.1) is 56.9 Å². The Morgan fingerprint density at radius 1 is 0.292 bits per heavy atom. The summed E-state index contributed by atoms with van der Waals surface area (Å²) in [4.78, 5) is 0. The molecule has 0 amide bonds. The Morgan fingerprint density at radius 2 is 0.458 bits per heavy atom. The molecule has 24 heavy (non-hydrogen) atoms. The first-order valence-electron chi connectivity index (χ1n) is 6.80. The van der Waals surface area contributed by atoms with Crippen LogP contribution in [0.5, 0.6) is 0 Å². The topological polar surface area (TPSA) is 260 Å². The Labute approximate surface area is 138 Å². The summed E-state index contributed by atoms with van der Waals surface area (Å²) in [5.74, 6) is 0. The van der Waals surface area contributed by atoms with Crippen LogP contribution in [0.1, 0.15) is 11.1 Å². The van der Waals surface area contributed by atoms with Crippen molar-refractivity contribution in [1.82, 2.24) is 0 Å². The van der Waals surface area contributed by atoms with Crippen molar-refractivity contribution >= 4 is 69.0 Å². The van der Waals surface area contributed by atoms with Crippen molar-refractivity contribution in [3.05, 3.63) is 11.1 Å². The number of benzene rings is 2. The third-order valence-electron chi connectivity index (χ3n) is 3.90. The molecule has 20 N–H and O–H groups in total. The zero-order valence-electron chi connectivity index (χ0n) is 12.9. The van der Waals surface area contributed by atoms with Crippen molar-refractivity contribution in [1.29, 1.82) is 0 Å². The first kappa shape index (κ1) is 16.5. The lowest BCUT2D eigenvalue weighted by atomic mass is 10.0. The Kier molecular flexibility index (Phi) is 3.74. The first-order valence-corrected chi connectivity index (χ1v) is 6.80. The molecule has 0 aromatic heterocycles. The van der Waals surface area contributed by atoms with E-state index in [9.17, 15) is 0 Å². The van der Waals surface area contributed by atoms with Crippen LogP contribution in [0.3, 0.4) is 0 Å². The summed E-state index contributed by atoms with van der Waals surface area (Å²) in [5, 5.41) is 0. The smallest absolute Gasteiger partial charge is 0.0824 e. The Hall–Kier alpha value is -3.82. The Bertz CT molecular complexity index is 739. The zero-order chi connectivity index (χ0) is 18.3. The van der Waals surface area contributed by atoms with E-state index in [0.717, 1.165) is 0 Å². The van der Waals surface area contributed by atoms with Crippen LogP contribution in [0, 0.1) is 0 Å². The van der Waals surface area contributed by atoms with Gasteiger partial charge in [0, 0.05) is 11.1 Å². The molecular weight excluding hydrogens is 308 g/mol. The highest BCUT2D eigenvalue weighted by atomic mass is 14.8. The molecule has 10 nitrogen and oxygen atoms in total. The van der Waals surface area contributed by atoms with Gasteiger partial charge in [0.25, 0.3) is 0 Å². The Balaban J connectivity index is 2.67. The van der Waals surface area contributed by atoms with Crippen molar-refractivity contribution in [2.75, 3.05) is 57.3 Å². The first-order chi connectivity index (χ1) is 11.1. The van der Waals surface area contributed by atoms with Crippen LogP contribution in [0.2, 0.25) is 0 Å². The van der Waals surface area contributed by atoms with E-state index in [0.29, 0.717) is 11.1 Å². The highest BCUT2D eigenvalue weighted by Crippen LogP contribution is 2.42. The van der Waals surface area contributed by atoms with Gasteiger partial charge in [-0.05, 0) is 12.2 Å². The van der Waals surface area contributed by atoms with Gasteiger partial charge in [-0.1, -0.05) is 0 Å². The molecule has 2 rings (SSSR count). The average Bonchev–Trinajstić information content (AvgIpc) is 2.57. The predicted octanol–water partition coefficient (Wildman–Crippen LogP) is -0.321. The minimum Gasteiger partial charge on any atom is -0.396 e. The molecule has 0 radical (unpaired) electrons. The van der Waals surface area contributed by atoms with Crippen molar-refractivity contribution < 1.29 is 0 Å². The summed E-state index contributed by atoms with van der Waals surface area (Å²) in [6, 6.07) is 0. The van der Waals surface area contributed by atoms with Crippen LogP contribution in [-0.2, 0) is 0 Å².